The van der Waals surface area contributed by atoms with Crippen molar-refractivity contribution in [2.45, 2.75) is 71.5 Å². The molecule has 0 aliphatic heterocycles. The summed E-state index contributed by atoms with van der Waals surface area (Å²) in [5.74, 6) is 1.88. The third-order valence-corrected chi connectivity index (χ3v) is 4.62. The molecule has 154 valence electrons. The number of nitrogens with one attached hydrogen (secondary N) is 1. The summed E-state index contributed by atoms with van der Waals surface area (Å²) in [5.41, 5.74) is 2.51. The molecule has 2 nitrogen and oxygen atoms in total. The van der Waals surface area contributed by atoms with Gasteiger partial charge in [0.2, 0.25) is 0 Å². The normalized spacial score (nSPS) is 9.07. The molecule has 0 bridgehead atoms. The van der Waals surface area contributed by atoms with Gasteiger partial charge in [-0.05, 0) is 23.3 Å². The predicted molar refractivity (Wildman–Crippen MR) is 128 cm³/mol. The van der Waals surface area contributed by atoms with Gasteiger partial charge in [0.1, 0.15) is 5.82 Å². The Labute approximate surface area is 177 Å². The predicted octanol–water partition coefficient (Wildman–Crippen LogP) is 8.62. The topological polar surface area (TPSA) is 28.7 Å². The largest absolute Gasteiger partial charge is 0.348 e. The molecule has 0 fully saturated rings. The van der Waals surface area contributed by atoms with E-state index in [0.717, 1.165) is 11.6 Å². The maximum atomic E-state index is 4.22. The van der Waals surface area contributed by atoms with E-state index in [2.05, 4.69) is 72.3 Å². The summed E-state index contributed by atoms with van der Waals surface area (Å²) in [6.45, 7) is 12.4. The van der Waals surface area contributed by atoms with E-state index in [9.17, 15) is 0 Å². The number of thioether (sulfide) groups is 1. The van der Waals surface area contributed by atoms with Crippen molar-refractivity contribution in [3.63, 3.8) is 0 Å². The number of nitrogens with zero attached hydrogens (tertiary/aromatic N) is 1. The quantitative estimate of drug-likeness (QED) is 0.421. The molecule has 0 amide bonds. The van der Waals surface area contributed by atoms with Crippen LogP contribution in [-0.2, 0) is 5.75 Å². The molecule has 3 heteroatoms. The van der Waals surface area contributed by atoms with Crippen molar-refractivity contribution in [2.24, 2.45) is 0 Å². The molecule has 2 aromatic carbocycles. The lowest BCUT2D eigenvalue weighted by molar-refractivity contribution is 0.772. The zero-order valence-electron chi connectivity index (χ0n) is 18.5. The monoisotopic (exact) mass is 398 g/mol. The highest BCUT2D eigenvalue weighted by Crippen LogP contribution is 2.25. The van der Waals surface area contributed by atoms with Crippen LogP contribution in [0.3, 0.4) is 0 Å². The molecule has 0 unspecified atom stereocenters. The number of unbranched alkanes of at least 4 members (excludes halogenated alkanes) is 2. The van der Waals surface area contributed by atoms with Gasteiger partial charge in [-0.1, -0.05) is 103 Å². The molecule has 0 aliphatic carbocycles. The van der Waals surface area contributed by atoms with Gasteiger partial charge in [0.15, 0.2) is 0 Å². The van der Waals surface area contributed by atoms with Crippen molar-refractivity contribution in [2.75, 3.05) is 0 Å². The van der Waals surface area contributed by atoms with Gasteiger partial charge in [0, 0.05) is 17.3 Å². The van der Waals surface area contributed by atoms with E-state index < -0.39 is 0 Å². The smallest absolute Gasteiger partial charge is 0.116 e. The summed E-state index contributed by atoms with van der Waals surface area (Å²) in [6.07, 6.45) is 7.72. The van der Waals surface area contributed by atoms with E-state index in [1.165, 1.54) is 35.3 Å². The Morgan fingerprint density at radius 3 is 1.82 bits per heavy atom. The van der Waals surface area contributed by atoms with Crippen LogP contribution >= 0.6 is 11.8 Å². The zero-order valence-corrected chi connectivity index (χ0v) is 19.4. The summed E-state index contributed by atoms with van der Waals surface area (Å²) in [5, 5.41) is 0. The second kappa shape index (κ2) is 18.4. The Bertz CT molecular complexity index is 660. The van der Waals surface area contributed by atoms with E-state index >= 15 is 0 Å². The fourth-order valence-electron chi connectivity index (χ4n) is 2.26. The maximum absolute atomic E-state index is 4.22. The first-order valence-electron chi connectivity index (χ1n) is 10.6. The molecule has 0 aliphatic rings. The van der Waals surface area contributed by atoms with Crippen molar-refractivity contribution >= 4 is 11.8 Å². The van der Waals surface area contributed by atoms with E-state index in [1.807, 2.05) is 40.0 Å². The molecule has 0 saturated heterocycles. The molecule has 1 heterocycles. The second-order valence-corrected chi connectivity index (χ2v) is 6.62. The lowest BCUT2D eigenvalue weighted by Crippen LogP contribution is -1.83. The molecule has 0 radical (unpaired) electrons. The van der Waals surface area contributed by atoms with Crippen LogP contribution in [0, 0.1) is 0 Å². The van der Waals surface area contributed by atoms with Crippen LogP contribution in [-0.4, -0.2) is 9.97 Å². The fraction of sp³-hybridized carbons (Fsp3) is 0.400. The van der Waals surface area contributed by atoms with E-state index in [1.54, 1.807) is 18.0 Å². The summed E-state index contributed by atoms with van der Waals surface area (Å²) in [7, 11) is 0. The summed E-state index contributed by atoms with van der Waals surface area (Å²) in [6, 6.07) is 19.1. The maximum Gasteiger partial charge on any atom is 0.116 e. The van der Waals surface area contributed by atoms with Crippen molar-refractivity contribution in [1.82, 2.24) is 9.97 Å². The van der Waals surface area contributed by atoms with Crippen LogP contribution in [0.4, 0.5) is 0 Å². The Kier molecular flexibility index (Phi) is 17.1. The lowest BCUT2D eigenvalue weighted by Gasteiger charge is -2.03. The number of hydrogen-bond acceptors (Lipinski definition) is 2. The minimum absolute atomic E-state index is 0.873. The SMILES string of the molecule is CC.CC.CCCCC.c1ccc(-c2ccc(SCc3ncc[nH]3)cc2)cc1. The standard InChI is InChI=1S/C16H14N2S.C5H12.2C2H6/c1-2-4-13(5-3-1)14-6-8-15(9-7-14)19-12-16-17-10-11-18-16;1-3-5-4-2;2*1-2/h1-11H,12H2,(H,17,18);3-5H2,1-2H3;2*1-2H3. The van der Waals surface area contributed by atoms with Gasteiger partial charge in [0.25, 0.3) is 0 Å². The zero-order chi connectivity index (χ0) is 21.0. The molecular formula is C25H38N2S. The Morgan fingerprint density at radius 2 is 1.36 bits per heavy atom. The third-order valence-electron chi connectivity index (χ3n) is 3.60. The first-order chi connectivity index (χ1) is 13.8. The number of benzene rings is 2. The van der Waals surface area contributed by atoms with Crippen LogP contribution in [0.5, 0.6) is 0 Å². The Balaban J connectivity index is 0.000000698. The van der Waals surface area contributed by atoms with Gasteiger partial charge in [-0.25, -0.2) is 4.98 Å². The highest BCUT2D eigenvalue weighted by Gasteiger charge is 2.00. The van der Waals surface area contributed by atoms with Gasteiger partial charge in [0.05, 0.1) is 5.75 Å². The van der Waals surface area contributed by atoms with Crippen LogP contribution in [0.2, 0.25) is 0 Å². The average molecular weight is 399 g/mol. The van der Waals surface area contributed by atoms with E-state index in [4.69, 9.17) is 0 Å². The molecule has 0 saturated carbocycles. The minimum atomic E-state index is 0.873. The fourth-order valence-corrected chi connectivity index (χ4v) is 3.05. The first-order valence-corrected chi connectivity index (χ1v) is 11.6. The van der Waals surface area contributed by atoms with Crippen molar-refractivity contribution < 1.29 is 0 Å². The van der Waals surface area contributed by atoms with Crippen molar-refractivity contribution in [1.29, 1.82) is 0 Å². The highest BCUT2D eigenvalue weighted by atomic mass is 32.2. The molecule has 0 spiro atoms. The van der Waals surface area contributed by atoms with Gasteiger partial charge in [-0.15, -0.1) is 11.8 Å². The number of aromatic amines is 1. The van der Waals surface area contributed by atoms with Crippen LogP contribution in [0.15, 0.2) is 71.9 Å². The molecule has 3 rings (SSSR count). The molecule has 1 aromatic heterocycles. The molecule has 1 N–H and O–H groups in total. The first kappa shape index (κ1) is 26.0. The molecular weight excluding hydrogens is 360 g/mol. The van der Waals surface area contributed by atoms with Crippen LogP contribution in [0.25, 0.3) is 11.1 Å². The number of H-pyrrole nitrogens is 1. The molecule has 0 atom stereocenters. The second-order valence-electron chi connectivity index (χ2n) is 5.57. The Hall–Kier alpha value is -2.00. The van der Waals surface area contributed by atoms with Gasteiger partial charge in [-0.3, -0.25) is 0 Å². The summed E-state index contributed by atoms with van der Waals surface area (Å²) >= 11 is 1.79. The van der Waals surface area contributed by atoms with Crippen LogP contribution in [0.1, 0.15) is 66.6 Å². The average Bonchev–Trinajstić information content (AvgIpc) is 3.31. The minimum Gasteiger partial charge on any atom is -0.348 e. The van der Waals surface area contributed by atoms with Crippen LogP contribution < -0.4 is 0 Å². The van der Waals surface area contributed by atoms with Gasteiger partial charge in [-0.2, -0.15) is 0 Å². The van der Waals surface area contributed by atoms with Gasteiger partial charge < -0.3 is 4.98 Å². The third kappa shape index (κ3) is 11.0. The van der Waals surface area contributed by atoms with Gasteiger partial charge >= 0.3 is 0 Å². The highest BCUT2D eigenvalue weighted by molar-refractivity contribution is 7.98. The lowest BCUT2D eigenvalue weighted by atomic mass is 10.1. The van der Waals surface area contributed by atoms with Crippen molar-refractivity contribution in [3.05, 3.63) is 72.8 Å². The number of rotatable bonds is 6. The summed E-state index contributed by atoms with van der Waals surface area (Å²) in [4.78, 5) is 8.59. The summed E-state index contributed by atoms with van der Waals surface area (Å²) < 4.78 is 0. The van der Waals surface area contributed by atoms with E-state index in [-0.39, 0.29) is 0 Å². The van der Waals surface area contributed by atoms with E-state index in [0.29, 0.717) is 0 Å². The molecule has 28 heavy (non-hydrogen) atoms. The number of hydrogen-bond donors (Lipinski definition) is 1. The van der Waals surface area contributed by atoms with Crippen molar-refractivity contribution in [3.8, 4) is 11.1 Å². The molecule has 3 aromatic rings. The number of imidazole rings is 1. The number of aromatic nitrogens is 2. The Morgan fingerprint density at radius 1 is 0.786 bits per heavy atom.